The third kappa shape index (κ3) is 74.4. The molecule has 0 aromatic carbocycles. The number of amides is 4. The fourth-order valence-electron chi connectivity index (χ4n) is 12.9. The minimum Gasteiger partial charge on any atom is -0.460 e. The smallest absolute Gasteiger partial charge is 0.460 e. The Labute approximate surface area is 649 Å². The second kappa shape index (κ2) is 77.9. The van der Waals surface area contributed by atoms with Crippen LogP contribution in [-0.4, -0.2) is 140 Å². The number of hydrogen-bond acceptors (Lipinski definition) is 17. The van der Waals surface area contributed by atoms with Crippen LogP contribution in [0.15, 0.2) is 0 Å². The molecule has 4 amide bonds. The van der Waals surface area contributed by atoms with Gasteiger partial charge in [-0.15, -0.1) is 0 Å². The number of urea groups is 1. The summed E-state index contributed by atoms with van der Waals surface area (Å²) in [5.74, 6) is -0.923. The predicted molar refractivity (Wildman–Crippen MR) is 435 cm³/mol. The van der Waals surface area contributed by atoms with Crippen molar-refractivity contribution < 1.29 is 80.6 Å². The zero-order valence-corrected chi connectivity index (χ0v) is 70.7. The highest BCUT2D eigenvalue weighted by molar-refractivity contribution is 7.54. The SMILES string of the molecule is CCCCCCCCCCCCCC(=O)NC(COCC(CCCCCCCC)OC(=O)CCCCCCCCCCC)CO[P+](O)(O)OCCNC(=O)NCCO[P+](O)(O)OCC(COCC(CCCCCCCC)OC(=O)CCCCCCCCCCC)NC(=O)CCCCCCCCCCCCC. The van der Waals surface area contributed by atoms with E-state index in [4.69, 9.17) is 37.0 Å². The number of ether oxygens (including phenoxy) is 4. The largest absolute Gasteiger partial charge is 0.570 e. The van der Waals surface area contributed by atoms with Crippen molar-refractivity contribution in [2.75, 3.05) is 65.9 Å². The van der Waals surface area contributed by atoms with Crippen molar-refractivity contribution >= 4 is 46.1 Å². The molecule has 0 radical (unpaired) electrons. The van der Waals surface area contributed by atoms with Crippen molar-refractivity contribution in [3.05, 3.63) is 0 Å². The molecule has 0 rings (SSSR count). The third-order valence-corrected chi connectivity index (χ3v) is 21.5. The second-order valence-electron chi connectivity index (χ2n) is 30.1. The van der Waals surface area contributed by atoms with Gasteiger partial charge in [0.15, 0.2) is 0 Å². The van der Waals surface area contributed by atoms with Gasteiger partial charge in [-0.25, -0.2) is 4.79 Å². The van der Waals surface area contributed by atoms with Gasteiger partial charge in [0.2, 0.25) is 11.8 Å². The molecule has 0 aromatic rings. The van der Waals surface area contributed by atoms with Crippen LogP contribution in [0.2, 0.25) is 0 Å². The number of carbonyl (C=O) groups excluding carboxylic acids is 5. The van der Waals surface area contributed by atoms with Gasteiger partial charge in [-0.05, 0) is 51.4 Å². The molecule has 0 aromatic heterocycles. The van der Waals surface area contributed by atoms with Crippen molar-refractivity contribution in [2.45, 2.75) is 438 Å². The molecule has 0 spiro atoms. The number of hydrogen-bond donors (Lipinski definition) is 8. The number of nitrogens with one attached hydrogen (secondary N) is 4. The average Bonchev–Trinajstić information content (AvgIpc) is 0.948. The lowest BCUT2D eigenvalue weighted by atomic mass is 10.1. The first-order chi connectivity index (χ1) is 51.5. The molecular weight excluding hydrogens is 1390 g/mol. The highest BCUT2D eigenvalue weighted by Crippen LogP contribution is 2.53. The lowest BCUT2D eigenvalue weighted by molar-refractivity contribution is -0.154. The maximum Gasteiger partial charge on any atom is 0.570 e. The monoisotopic (exact) mass is 1550 g/mol. The van der Waals surface area contributed by atoms with Gasteiger partial charge in [-0.1, -0.05) is 337 Å². The van der Waals surface area contributed by atoms with Gasteiger partial charge in [0.1, 0.15) is 38.6 Å². The Bertz CT molecular complexity index is 1840. The fourth-order valence-corrected chi connectivity index (χ4v) is 14.5. The Morgan fingerprint density at radius 1 is 0.283 bits per heavy atom. The molecule has 0 aliphatic carbocycles. The Morgan fingerprint density at radius 3 is 0.783 bits per heavy atom. The minimum absolute atomic E-state index is 0.0479. The molecule has 0 aliphatic rings. The van der Waals surface area contributed by atoms with Gasteiger partial charge < -0.3 is 40.2 Å². The summed E-state index contributed by atoms with van der Waals surface area (Å²) in [7, 11) is -8.94. The van der Waals surface area contributed by atoms with Crippen LogP contribution in [0.4, 0.5) is 4.79 Å². The maximum absolute atomic E-state index is 13.4. The summed E-state index contributed by atoms with van der Waals surface area (Å²) in [4.78, 5) is 109. The van der Waals surface area contributed by atoms with E-state index in [0.29, 0.717) is 38.5 Å². The summed E-state index contributed by atoms with van der Waals surface area (Å²) < 4.78 is 46.0. The first-order valence-electron chi connectivity index (χ1n) is 43.9. The van der Waals surface area contributed by atoms with E-state index in [1.54, 1.807) is 0 Å². The average molecular weight is 1550 g/mol. The van der Waals surface area contributed by atoms with Crippen LogP contribution in [0.5, 0.6) is 0 Å². The summed E-state index contributed by atoms with van der Waals surface area (Å²) >= 11 is 0. The van der Waals surface area contributed by atoms with Crippen LogP contribution in [0.3, 0.4) is 0 Å². The first-order valence-corrected chi connectivity index (χ1v) is 47.0. The number of carbonyl (C=O) groups is 5. The minimum atomic E-state index is -4.47. The molecule has 628 valence electrons. The fraction of sp³-hybridized carbons (Fsp3) is 0.940. The Balaban J connectivity index is 5.66. The molecule has 0 fully saturated rings. The van der Waals surface area contributed by atoms with Crippen molar-refractivity contribution in [2.24, 2.45) is 0 Å². The summed E-state index contributed by atoms with van der Waals surface area (Å²) in [6, 6.07) is -2.27. The van der Waals surface area contributed by atoms with Gasteiger partial charge in [0.05, 0.1) is 38.5 Å². The molecule has 23 heteroatoms. The van der Waals surface area contributed by atoms with Crippen LogP contribution in [0.25, 0.3) is 0 Å². The zero-order chi connectivity index (χ0) is 77.8. The Kier molecular flexibility index (Phi) is 76.2. The number of rotatable bonds is 84. The van der Waals surface area contributed by atoms with Gasteiger partial charge in [-0.2, -0.15) is 37.7 Å². The second-order valence-corrected chi connectivity index (χ2v) is 33.1. The highest BCUT2D eigenvalue weighted by atomic mass is 31.2. The van der Waals surface area contributed by atoms with E-state index in [1.807, 2.05) is 0 Å². The molecule has 4 atom stereocenters. The molecule has 106 heavy (non-hydrogen) atoms. The summed E-state index contributed by atoms with van der Waals surface area (Å²) in [5, 5.41) is 11.0. The number of unbranched alkanes of at least 4 members (excludes halogenated alkanes) is 46. The maximum atomic E-state index is 13.4. The molecule has 0 heterocycles. The van der Waals surface area contributed by atoms with E-state index < -0.39 is 46.7 Å². The summed E-state index contributed by atoms with van der Waals surface area (Å²) in [6.07, 6.45) is 60.5. The van der Waals surface area contributed by atoms with E-state index in [9.17, 15) is 43.5 Å². The van der Waals surface area contributed by atoms with Crippen molar-refractivity contribution in [1.82, 2.24) is 21.3 Å². The predicted octanol–water partition coefficient (Wildman–Crippen LogP) is 21.2. The Hall–Kier alpha value is -2.39. The zero-order valence-electron chi connectivity index (χ0n) is 68.9. The molecule has 0 saturated heterocycles. The van der Waals surface area contributed by atoms with Crippen LogP contribution in [-0.2, 0) is 56.2 Å². The molecule has 8 N–H and O–H groups in total. The van der Waals surface area contributed by atoms with Crippen LogP contribution in [0.1, 0.15) is 414 Å². The molecule has 4 unspecified atom stereocenters. The van der Waals surface area contributed by atoms with Crippen molar-refractivity contribution in [3.63, 3.8) is 0 Å². The molecule has 0 saturated carbocycles. The molecule has 0 aliphatic heterocycles. The van der Waals surface area contributed by atoms with E-state index in [-0.39, 0.29) is 103 Å². The number of esters is 2. The van der Waals surface area contributed by atoms with Gasteiger partial charge in [0.25, 0.3) is 0 Å². The topological polar surface area (TPSA) is 288 Å². The van der Waals surface area contributed by atoms with E-state index >= 15 is 0 Å². The quantitative estimate of drug-likeness (QED) is 0.0160. The summed E-state index contributed by atoms with van der Waals surface area (Å²) in [6.45, 7) is 11.6. The lowest BCUT2D eigenvalue weighted by Crippen LogP contribution is -2.42. The third-order valence-electron chi connectivity index (χ3n) is 19.5. The standard InChI is InChI=1S/C83H164N4O17P2/c1-7-13-19-25-31-35-37-41-43-49-55-61-79(88)86-75(69-97-73-77(59-53-47-29-23-17-11-5)103-81(90)63-57-51-45-39-33-27-21-15-9-3)71-101-105(93,94)99-67-65-84-83(92)85-66-68-100-106(95,96)102-72-76(87-80(89)62-56-50-44-42-38-36-32-26-20-14-8-2)70-98-74-78(60-54-48-30-24-18-12-6)104-82(91)64-58-52-46-40-34-28-22-16-10-4/h75-78,93-96H,7-74H2,1-6H3,(H2-2,84,85,86,87,88,89,92)/p+2. The molecule has 0 bridgehead atoms. The first kappa shape index (κ1) is 104. The normalized spacial score (nSPS) is 13.0. The van der Waals surface area contributed by atoms with Crippen LogP contribution < -0.4 is 21.3 Å². The van der Waals surface area contributed by atoms with Crippen LogP contribution >= 0.6 is 16.3 Å². The lowest BCUT2D eigenvalue weighted by Gasteiger charge is -2.22. The van der Waals surface area contributed by atoms with Gasteiger partial charge >= 0.3 is 34.3 Å². The van der Waals surface area contributed by atoms with Gasteiger partial charge in [-0.3, -0.25) is 19.2 Å². The van der Waals surface area contributed by atoms with Gasteiger partial charge in [0, 0.05) is 38.8 Å². The highest BCUT2D eigenvalue weighted by Gasteiger charge is 2.42. The van der Waals surface area contributed by atoms with Crippen molar-refractivity contribution in [1.29, 1.82) is 0 Å². The van der Waals surface area contributed by atoms with E-state index in [1.165, 1.54) is 180 Å². The summed E-state index contributed by atoms with van der Waals surface area (Å²) in [5.41, 5.74) is 0. The van der Waals surface area contributed by atoms with E-state index in [2.05, 4.69) is 62.8 Å². The van der Waals surface area contributed by atoms with Crippen molar-refractivity contribution in [3.8, 4) is 0 Å². The molecule has 21 nitrogen and oxygen atoms in total. The molecular formula is C83H166N4O17P2+2. The Morgan fingerprint density at radius 2 is 0.519 bits per heavy atom. The van der Waals surface area contributed by atoms with Crippen LogP contribution in [0, 0.1) is 0 Å². The van der Waals surface area contributed by atoms with E-state index in [0.717, 1.165) is 141 Å².